The van der Waals surface area contributed by atoms with Gasteiger partial charge >= 0.3 is 12.1 Å². The van der Waals surface area contributed by atoms with Gasteiger partial charge in [-0.3, -0.25) is 0 Å². The fourth-order valence-corrected chi connectivity index (χ4v) is 0.898. The van der Waals surface area contributed by atoms with E-state index in [4.69, 9.17) is 9.90 Å². The van der Waals surface area contributed by atoms with Gasteiger partial charge in [0.05, 0.1) is 0 Å². The predicted octanol–water partition coefficient (Wildman–Crippen LogP) is 0.911. The van der Waals surface area contributed by atoms with Crippen LogP contribution < -0.4 is 5.32 Å². The maximum Gasteiger partial charge on any atom is 0.490 e. The number of alkyl halides is 3. The molecule has 0 radical (unpaired) electrons. The lowest BCUT2D eigenvalue weighted by Gasteiger charge is -1.93. The van der Waals surface area contributed by atoms with Gasteiger partial charge in [0, 0.05) is 11.8 Å². The van der Waals surface area contributed by atoms with E-state index in [9.17, 15) is 13.2 Å². The first-order valence-corrected chi connectivity index (χ1v) is 4.04. The van der Waals surface area contributed by atoms with Crippen molar-refractivity contribution in [2.45, 2.75) is 17.8 Å². The fraction of sp³-hybridized carbons (Fsp3) is 0.833. The highest BCUT2D eigenvalue weighted by Crippen LogP contribution is 2.13. The Bertz CT molecular complexity index is 168. The van der Waals surface area contributed by atoms with E-state index in [1.165, 1.54) is 6.42 Å². The third-order valence-electron chi connectivity index (χ3n) is 1.28. The maximum atomic E-state index is 10.6. The van der Waals surface area contributed by atoms with Gasteiger partial charge in [-0.05, 0) is 13.0 Å². The summed E-state index contributed by atoms with van der Waals surface area (Å²) >= 11 is 4.23. The maximum absolute atomic E-state index is 10.6. The van der Waals surface area contributed by atoms with Crippen LogP contribution in [0.3, 0.4) is 0 Å². The van der Waals surface area contributed by atoms with Crippen molar-refractivity contribution in [3.05, 3.63) is 0 Å². The summed E-state index contributed by atoms with van der Waals surface area (Å²) in [7, 11) is 0. The predicted molar refractivity (Wildman–Crippen MR) is 44.0 cm³/mol. The third kappa shape index (κ3) is 6.71. The van der Waals surface area contributed by atoms with Gasteiger partial charge < -0.3 is 10.4 Å². The number of thiol groups is 1. The zero-order valence-corrected chi connectivity index (χ0v) is 7.53. The Hall–Kier alpha value is -0.430. The average molecular weight is 217 g/mol. The molecule has 1 fully saturated rings. The normalized spacial score (nSPS) is 22.0. The summed E-state index contributed by atoms with van der Waals surface area (Å²) in [5.41, 5.74) is 0. The molecule has 1 aliphatic heterocycles. The zero-order chi connectivity index (χ0) is 10.5. The zero-order valence-electron chi connectivity index (χ0n) is 6.64. The molecule has 0 aromatic carbocycles. The van der Waals surface area contributed by atoms with E-state index in [2.05, 4.69) is 17.9 Å². The number of aliphatic carboxylic acids is 1. The van der Waals surface area contributed by atoms with Crippen molar-refractivity contribution >= 4 is 18.6 Å². The monoisotopic (exact) mass is 217 g/mol. The summed E-state index contributed by atoms with van der Waals surface area (Å²) in [6.07, 6.45) is -3.84. The minimum Gasteiger partial charge on any atom is -0.475 e. The lowest BCUT2D eigenvalue weighted by atomic mass is 10.4. The largest absolute Gasteiger partial charge is 0.490 e. The Balaban J connectivity index is 0.000000223. The summed E-state index contributed by atoms with van der Waals surface area (Å²) in [6.45, 7) is 2.26. The molecule has 1 saturated heterocycles. The molecule has 78 valence electrons. The Kier molecular flexibility index (Phi) is 5.16. The van der Waals surface area contributed by atoms with E-state index in [1.54, 1.807) is 0 Å². The van der Waals surface area contributed by atoms with Crippen LogP contribution in [0.25, 0.3) is 0 Å². The van der Waals surface area contributed by atoms with Crippen LogP contribution in [0.4, 0.5) is 13.2 Å². The summed E-state index contributed by atoms with van der Waals surface area (Å²) in [4.78, 5) is 8.90. The first kappa shape index (κ1) is 12.6. The molecule has 0 aromatic heterocycles. The van der Waals surface area contributed by atoms with Gasteiger partial charge in [0.15, 0.2) is 0 Å². The van der Waals surface area contributed by atoms with Crippen LogP contribution >= 0.6 is 12.6 Å². The van der Waals surface area contributed by atoms with Gasteiger partial charge in [-0.2, -0.15) is 25.8 Å². The van der Waals surface area contributed by atoms with Crippen molar-refractivity contribution in [2.24, 2.45) is 0 Å². The second-order valence-corrected chi connectivity index (χ2v) is 3.18. The Morgan fingerprint density at radius 3 is 2.08 bits per heavy atom. The Morgan fingerprint density at radius 2 is 2.00 bits per heavy atom. The molecule has 0 amide bonds. The summed E-state index contributed by atoms with van der Waals surface area (Å²) in [6, 6.07) is 0. The second kappa shape index (κ2) is 5.33. The fourth-order valence-electron chi connectivity index (χ4n) is 0.639. The average Bonchev–Trinajstić information content (AvgIpc) is 2.38. The first-order valence-electron chi connectivity index (χ1n) is 3.53. The van der Waals surface area contributed by atoms with E-state index in [1.807, 2.05) is 0 Å². The molecule has 0 spiro atoms. The Labute approximate surface area is 78.7 Å². The van der Waals surface area contributed by atoms with Crippen LogP contribution in [0.1, 0.15) is 6.42 Å². The number of carboxylic acid groups (broad SMARTS) is 1. The quantitative estimate of drug-likeness (QED) is 0.529. The molecule has 1 aliphatic rings. The molecule has 1 heterocycles. The summed E-state index contributed by atoms with van der Waals surface area (Å²) in [5, 5.41) is 11.0. The number of nitrogens with one attached hydrogen (secondary N) is 1. The molecular weight excluding hydrogens is 207 g/mol. The molecule has 1 atom stereocenters. The number of rotatable bonds is 0. The smallest absolute Gasteiger partial charge is 0.475 e. The van der Waals surface area contributed by atoms with Gasteiger partial charge in [0.2, 0.25) is 0 Å². The Morgan fingerprint density at radius 1 is 1.54 bits per heavy atom. The molecule has 0 aromatic rings. The van der Waals surface area contributed by atoms with Gasteiger partial charge in [0.1, 0.15) is 0 Å². The molecule has 3 nitrogen and oxygen atoms in total. The van der Waals surface area contributed by atoms with Crippen LogP contribution in [0, 0.1) is 0 Å². The molecule has 0 bridgehead atoms. The highest BCUT2D eigenvalue weighted by Gasteiger charge is 2.38. The lowest BCUT2D eigenvalue weighted by molar-refractivity contribution is -0.192. The molecule has 0 aliphatic carbocycles. The number of carbonyl (C=O) groups is 1. The van der Waals surface area contributed by atoms with Crippen LogP contribution in [0.2, 0.25) is 0 Å². The minimum absolute atomic E-state index is 0.630. The molecule has 7 heteroatoms. The topological polar surface area (TPSA) is 49.3 Å². The van der Waals surface area contributed by atoms with Gasteiger partial charge in [-0.15, -0.1) is 0 Å². The lowest BCUT2D eigenvalue weighted by Crippen LogP contribution is -2.21. The van der Waals surface area contributed by atoms with Crippen LogP contribution in [-0.4, -0.2) is 35.6 Å². The van der Waals surface area contributed by atoms with E-state index in [0.717, 1.165) is 13.1 Å². The molecule has 1 rings (SSSR count). The summed E-state index contributed by atoms with van der Waals surface area (Å²) < 4.78 is 31.7. The summed E-state index contributed by atoms with van der Waals surface area (Å²) in [5.74, 6) is -2.76. The third-order valence-corrected chi connectivity index (χ3v) is 1.72. The second-order valence-electron chi connectivity index (χ2n) is 2.45. The van der Waals surface area contributed by atoms with Crippen molar-refractivity contribution in [1.29, 1.82) is 0 Å². The molecule has 13 heavy (non-hydrogen) atoms. The standard InChI is InChI=1S/C4H9NS.C2HF3O2/c6-4-1-2-5-3-4;3-2(4,5)1(6)7/h4-6H,1-3H2;(H,6,7)/t4-;/m1./s1. The van der Waals surface area contributed by atoms with Crippen molar-refractivity contribution < 1.29 is 23.1 Å². The molecule has 0 saturated carbocycles. The van der Waals surface area contributed by atoms with Crippen molar-refractivity contribution in [3.63, 3.8) is 0 Å². The number of halogens is 3. The van der Waals surface area contributed by atoms with Crippen LogP contribution in [0.5, 0.6) is 0 Å². The molecule has 2 N–H and O–H groups in total. The SMILES string of the molecule is O=C(O)C(F)(F)F.S[C@@H]1CCNC1. The first-order chi connectivity index (χ1) is 5.84. The van der Waals surface area contributed by atoms with Gasteiger partial charge in [-0.1, -0.05) is 0 Å². The van der Waals surface area contributed by atoms with Crippen molar-refractivity contribution in [3.8, 4) is 0 Å². The molecule has 0 unspecified atom stereocenters. The van der Waals surface area contributed by atoms with E-state index < -0.39 is 12.1 Å². The highest BCUT2D eigenvalue weighted by atomic mass is 32.1. The van der Waals surface area contributed by atoms with Crippen LogP contribution in [-0.2, 0) is 4.79 Å². The van der Waals surface area contributed by atoms with Crippen LogP contribution in [0.15, 0.2) is 0 Å². The minimum atomic E-state index is -5.08. The van der Waals surface area contributed by atoms with Gasteiger partial charge in [-0.25, -0.2) is 4.79 Å². The van der Waals surface area contributed by atoms with Crippen molar-refractivity contribution in [2.75, 3.05) is 13.1 Å². The number of hydrogen-bond acceptors (Lipinski definition) is 3. The van der Waals surface area contributed by atoms with E-state index in [0.29, 0.717) is 5.25 Å². The van der Waals surface area contributed by atoms with Crippen molar-refractivity contribution in [1.82, 2.24) is 5.32 Å². The highest BCUT2D eigenvalue weighted by molar-refractivity contribution is 7.81. The number of hydrogen-bond donors (Lipinski definition) is 3. The van der Waals surface area contributed by atoms with E-state index >= 15 is 0 Å². The molecular formula is C6H10F3NO2S. The van der Waals surface area contributed by atoms with Gasteiger partial charge in [0.25, 0.3) is 0 Å². The number of carboxylic acids is 1. The van der Waals surface area contributed by atoms with E-state index in [-0.39, 0.29) is 0 Å².